The smallest absolute Gasteiger partial charge is 0.176 e. The molecular formula is C13H17BrO. The van der Waals surface area contributed by atoms with Gasteiger partial charge in [0.05, 0.1) is 4.83 Å². The molecule has 0 N–H and O–H groups in total. The van der Waals surface area contributed by atoms with E-state index in [-0.39, 0.29) is 10.6 Å². The fourth-order valence-corrected chi connectivity index (χ4v) is 2.32. The van der Waals surface area contributed by atoms with Crippen LogP contribution in [0.4, 0.5) is 0 Å². The third-order valence-corrected chi connectivity index (χ3v) is 3.34. The Bertz CT molecular complexity index is 333. The number of Topliss-reactive ketones (excluding diaryl/α,β-unsaturated/α-hetero) is 1. The first-order valence-electron chi connectivity index (χ1n) is 5.55. The molecular weight excluding hydrogens is 252 g/mol. The first-order chi connectivity index (χ1) is 7.29. The second-order valence-corrected chi connectivity index (χ2v) is 4.49. The van der Waals surface area contributed by atoms with E-state index in [0.717, 1.165) is 24.8 Å². The van der Waals surface area contributed by atoms with Gasteiger partial charge in [-0.05, 0) is 24.8 Å². The monoisotopic (exact) mass is 268 g/mol. The van der Waals surface area contributed by atoms with Crippen LogP contribution in [0.3, 0.4) is 0 Å². The van der Waals surface area contributed by atoms with E-state index in [1.807, 2.05) is 32.0 Å². The van der Waals surface area contributed by atoms with Gasteiger partial charge < -0.3 is 0 Å². The van der Waals surface area contributed by atoms with E-state index >= 15 is 0 Å². The maximum Gasteiger partial charge on any atom is 0.176 e. The highest BCUT2D eigenvalue weighted by atomic mass is 79.9. The highest BCUT2D eigenvalue weighted by molar-refractivity contribution is 9.10. The van der Waals surface area contributed by atoms with Crippen molar-refractivity contribution in [2.75, 3.05) is 0 Å². The van der Waals surface area contributed by atoms with Crippen molar-refractivity contribution in [1.82, 2.24) is 0 Å². The molecule has 0 radical (unpaired) electrons. The van der Waals surface area contributed by atoms with Crippen LogP contribution in [0.25, 0.3) is 0 Å². The topological polar surface area (TPSA) is 17.1 Å². The first kappa shape index (κ1) is 12.4. The summed E-state index contributed by atoms with van der Waals surface area (Å²) in [5, 5.41) is 0. The second-order valence-electron chi connectivity index (χ2n) is 3.38. The van der Waals surface area contributed by atoms with Crippen LogP contribution in [0.15, 0.2) is 24.3 Å². The van der Waals surface area contributed by atoms with Crippen molar-refractivity contribution in [2.45, 2.75) is 37.9 Å². The van der Waals surface area contributed by atoms with Crippen LogP contribution in [0.5, 0.6) is 0 Å². The zero-order valence-electron chi connectivity index (χ0n) is 9.29. The van der Waals surface area contributed by atoms with E-state index in [1.165, 1.54) is 5.56 Å². The SMILES string of the molecule is CC.O=C1c2ccccc2CCCC1Br. The van der Waals surface area contributed by atoms with Gasteiger partial charge in [0.15, 0.2) is 5.78 Å². The molecule has 0 saturated heterocycles. The van der Waals surface area contributed by atoms with Crippen LogP contribution in [0.1, 0.15) is 42.6 Å². The van der Waals surface area contributed by atoms with E-state index in [9.17, 15) is 4.79 Å². The molecule has 0 fully saturated rings. The molecule has 1 aromatic carbocycles. The Kier molecular flexibility index (Phi) is 5.03. The normalized spacial score (nSPS) is 19.7. The third kappa shape index (κ3) is 2.91. The Morgan fingerprint density at radius 3 is 2.67 bits per heavy atom. The van der Waals surface area contributed by atoms with Gasteiger partial charge in [0.25, 0.3) is 0 Å². The minimum absolute atomic E-state index is 0.0242. The minimum Gasteiger partial charge on any atom is -0.293 e. The first-order valence-corrected chi connectivity index (χ1v) is 6.47. The van der Waals surface area contributed by atoms with Gasteiger partial charge in [-0.1, -0.05) is 54.0 Å². The van der Waals surface area contributed by atoms with Crippen molar-refractivity contribution >= 4 is 21.7 Å². The summed E-state index contributed by atoms with van der Waals surface area (Å²) >= 11 is 3.42. The summed E-state index contributed by atoms with van der Waals surface area (Å²) in [6, 6.07) is 7.91. The molecule has 0 amide bonds. The zero-order valence-corrected chi connectivity index (χ0v) is 10.9. The Morgan fingerprint density at radius 2 is 1.93 bits per heavy atom. The van der Waals surface area contributed by atoms with E-state index in [4.69, 9.17) is 0 Å². The molecule has 15 heavy (non-hydrogen) atoms. The molecule has 0 heterocycles. The highest BCUT2D eigenvalue weighted by Crippen LogP contribution is 2.24. The number of halogens is 1. The Labute approximate surface area is 100 Å². The molecule has 2 heteroatoms. The van der Waals surface area contributed by atoms with E-state index in [0.29, 0.717) is 0 Å². The summed E-state index contributed by atoms with van der Waals surface area (Å²) < 4.78 is 0. The van der Waals surface area contributed by atoms with Crippen LogP contribution in [0, 0.1) is 0 Å². The van der Waals surface area contributed by atoms with E-state index in [1.54, 1.807) is 0 Å². The fourth-order valence-electron chi connectivity index (χ4n) is 1.75. The summed E-state index contributed by atoms with van der Waals surface area (Å²) in [6.07, 6.45) is 3.08. The summed E-state index contributed by atoms with van der Waals surface area (Å²) in [7, 11) is 0. The van der Waals surface area contributed by atoms with Crippen molar-refractivity contribution in [3.05, 3.63) is 35.4 Å². The molecule has 1 unspecified atom stereocenters. The minimum atomic E-state index is 0.0242. The molecule has 0 bridgehead atoms. The number of carbonyl (C=O) groups is 1. The van der Waals surface area contributed by atoms with Crippen molar-refractivity contribution < 1.29 is 4.79 Å². The molecule has 1 atom stereocenters. The predicted molar refractivity (Wildman–Crippen MR) is 67.8 cm³/mol. The molecule has 2 rings (SSSR count). The van der Waals surface area contributed by atoms with Crippen molar-refractivity contribution in [3.63, 3.8) is 0 Å². The number of fused-ring (bicyclic) bond motifs is 1. The quantitative estimate of drug-likeness (QED) is 0.514. The Morgan fingerprint density at radius 1 is 1.27 bits per heavy atom. The highest BCUT2D eigenvalue weighted by Gasteiger charge is 2.22. The number of carbonyl (C=O) groups excluding carboxylic acids is 1. The Hall–Kier alpha value is -0.630. The number of hydrogen-bond donors (Lipinski definition) is 0. The van der Waals surface area contributed by atoms with Gasteiger partial charge in [0.1, 0.15) is 0 Å². The lowest BCUT2D eigenvalue weighted by Crippen LogP contribution is -2.12. The maximum atomic E-state index is 11.8. The van der Waals surface area contributed by atoms with Crippen LogP contribution < -0.4 is 0 Å². The second kappa shape index (κ2) is 6.06. The summed E-state index contributed by atoms with van der Waals surface area (Å²) in [4.78, 5) is 11.8. The summed E-state index contributed by atoms with van der Waals surface area (Å²) in [5.41, 5.74) is 2.11. The van der Waals surface area contributed by atoms with Gasteiger partial charge in [-0.3, -0.25) is 4.79 Å². The molecule has 1 aromatic rings. The number of ketones is 1. The maximum absolute atomic E-state index is 11.8. The Balaban J connectivity index is 0.000000531. The summed E-state index contributed by atoms with van der Waals surface area (Å²) in [5.74, 6) is 0.244. The van der Waals surface area contributed by atoms with Gasteiger partial charge >= 0.3 is 0 Å². The lowest BCUT2D eigenvalue weighted by molar-refractivity contribution is 0.0990. The number of benzene rings is 1. The molecule has 1 nitrogen and oxygen atoms in total. The average Bonchev–Trinajstić information content (AvgIpc) is 2.44. The van der Waals surface area contributed by atoms with E-state index in [2.05, 4.69) is 22.0 Å². The molecule has 0 spiro atoms. The molecule has 1 aliphatic carbocycles. The number of alkyl halides is 1. The number of rotatable bonds is 0. The number of hydrogen-bond acceptors (Lipinski definition) is 1. The molecule has 1 aliphatic rings. The molecule has 0 aromatic heterocycles. The lowest BCUT2D eigenvalue weighted by atomic mass is 10.0. The largest absolute Gasteiger partial charge is 0.293 e. The third-order valence-electron chi connectivity index (χ3n) is 2.47. The lowest BCUT2D eigenvalue weighted by Gasteiger charge is -2.04. The van der Waals surface area contributed by atoms with E-state index < -0.39 is 0 Å². The van der Waals surface area contributed by atoms with Gasteiger partial charge in [0.2, 0.25) is 0 Å². The zero-order chi connectivity index (χ0) is 11.3. The van der Waals surface area contributed by atoms with Crippen LogP contribution in [-0.4, -0.2) is 10.6 Å². The van der Waals surface area contributed by atoms with Gasteiger partial charge in [-0.15, -0.1) is 0 Å². The fraction of sp³-hybridized carbons (Fsp3) is 0.462. The molecule has 0 aliphatic heterocycles. The van der Waals surface area contributed by atoms with Gasteiger partial charge in [-0.25, -0.2) is 0 Å². The van der Waals surface area contributed by atoms with Crippen LogP contribution in [0.2, 0.25) is 0 Å². The van der Waals surface area contributed by atoms with Gasteiger partial charge in [0, 0.05) is 5.56 Å². The van der Waals surface area contributed by atoms with Crippen molar-refractivity contribution in [2.24, 2.45) is 0 Å². The standard InChI is InChI=1S/C11H11BrO.C2H6/c12-10-7-3-5-8-4-1-2-6-9(8)11(10)13;1-2/h1-2,4,6,10H,3,5,7H2;1-2H3. The molecule has 82 valence electrons. The van der Waals surface area contributed by atoms with Crippen molar-refractivity contribution in [3.8, 4) is 0 Å². The van der Waals surface area contributed by atoms with Crippen LogP contribution in [-0.2, 0) is 6.42 Å². The average molecular weight is 269 g/mol. The predicted octanol–water partition coefficient (Wildman–Crippen LogP) is 4.00. The van der Waals surface area contributed by atoms with Crippen LogP contribution >= 0.6 is 15.9 Å². The van der Waals surface area contributed by atoms with Crippen molar-refractivity contribution in [1.29, 1.82) is 0 Å². The number of aryl methyl sites for hydroxylation is 1. The molecule has 0 saturated carbocycles. The summed E-state index contributed by atoms with van der Waals surface area (Å²) in [6.45, 7) is 4.00. The van der Waals surface area contributed by atoms with Gasteiger partial charge in [-0.2, -0.15) is 0 Å².